The number of rotatable bonds is 3. The number of amides is 3. The van der Waals surface area contributed by atoms with E-state index in [9.17, 15) is 14.4 Å². The lowest BCUT2D eigenvalue weighted by Gasteiger charge is -2.19. The highest BCUT2D eigenvalue weighted by Gasteiger charge is 2.48. The second kappa shape index (κ2) is 6.06. The molecule has 1 saturated heterocycles. The molecular weight excluding hydrogens is 296 g/mol. The van der Waals surface area contributed by atoms with Crippen molar-refractivity contribution < 1.29 is 14.4 Å². The smallest absolute Gasteiger partial charge is 0.246 e. The van der Waals surface area contributed by atoms with Crippen LogP contribution in [0.1, 0.15) is 37.1 Å². The van der Waals surface area contributed by atoms with Crippen molar-refractivity contribution in [2.45, 2.75) is 39.5 Å². The lowest BCUT2D eigenvalue weighted by Crippen LogP contribution is -2.38. The maximum absolute atomic E-state index is 12.3. The van der Waals surface area contributed by atoms with Crippen LogP contribution in [0.4, 0.5) is 5.95 Å². The van der Waals surface area contributed by atoms with Gasteiger partial charge in [0.25, 0.3) is 0 Å². The van der Waals surface area contributed by atoms with Crippen molar-refractivity contribution in [2.75, 3.05) is 11.9 Å². The zero-order valence-electron chi connectivity index (χ0n) is 13.3. The van der Waals surface area contributed by atoms with Crippen LogP contribution < -0.4 is 5.32 Å². The third kappa shape index (κ3) is 3.09. The zero-order valence-corrected chi connectivity index (χ0v) is 13.3. The summed E-state index contributed by atoms with van der Waals surface area (Å²) < 4.78 is 0. The number of anilines is 1. The summed E-state index contributed by atoms with van der Waals surface area (Å²) in [5, 5.41) is 2.57. The van der Waals surface area contributed by atoms with Crippen molar-refractivity contribution in [1.82, 2.24) is 14.9 Å². The molecule has 1 aliphatic carbocycles. The normalized spacial score (nSPS) is 23.8. The fourth-order valence-corrected chi connectivity index (χ4v) is 3.48. The minimum absolute atomic E-state index is 0.198. The number of nitrogens with one attached hydrogen (secondary N) is 1. The molecule has 3 rings (SSSR count). The van der Waals surface area contributed by atoms with Gasteiger partial charge in [0.15, 0.2) is 0 Å². The van der Waals surface area contributed by atoms with Crippen LogP contribution in [0.3, 0.4) is 0 Å². The predicted molar refractivity (Wildman–Crippen MR) is 82.3 cm³/mol. The second-order valence-electron chi connectivity index (χ2n) is 6.28. The molecule has 0 unspecified atom stereocenters. The Bertz CT molecular complexity index is 629. The fraction of sp³-hybridized carbons (Fsp3) is 0.562. The molecule has 2 atom stereocenters. The standard InChI is InChI=1S/C16H20N4O3/c1-9-7-10(2)18-16(17-9)19-13(21)8-20-14(22)11-5-3-4-6-12(11)15(20)23/h7,11-12H,3-6,8H2,1-2H3,(H,17,18,19,21)/t11-,12-/m1/s1. The first kappa shape index (κ1) is 15.6. The van der Waals surface area contributed by atoms with Crippen LogP contribution >= 0.6 is 0 Å². The molecule has 0 bridgehead atoms. The highest BCUT2D eigenvalue weighted by Crippen LogP contribution is 2.37. The van der Waals surface area contributed by atoms with E-state index in [0.29, 0.717) is 0 Å². The Morgan fingerprint density at radius 2 is 1.65 bits per heavy atom. The van der Waals surface area contributed by atoms with Crippen molar-refractivity contribution in [3.8, 4) is 0 Å². The van der Waals surface area contributed by atoms with Crippen molar-refractivity contribution >= 4 is 23.7 Å². The van der Waals surface area contributed by atoms with E-state index < -0.39 is 5.91 Å². The Hall–Kier alpha value is -2.31. The van der Waals surface area contributed by atoms with Crippen molar-refractivity contribution in [2.24, 2.45) is 11.8 Å². The van der Waals surface area contributed by atoms with Gasteiger partial charge < -0.3 is 0 Å². The molecule has 1 aliphatic heterocycles. The molecule has 0 spiro atoms. The number of hydrogen-bond acceptors (Lipinski definition) is 5. The molecule has 1 aromatic rings. The summed E-state index contributed by atoms with van der Waals surface area (Å²) in [6.07, 6.45) is 3.42. The molecule has 0 aromatic carbocycles. The summed E-state index contributed by atoms with van der Waals surface area (Å²) >= 11 is 0. The van der Waals surface area contributed by atoms with Gasteiger partial charge in [-0.2, -0.15) is 0 Å². The first-order valence-corrected chi connectivity index (χ1v) is 7.93. The van der Waals surface area contributed by atoms with E-state index in [0.717, 1.165) is 42.0 Å². The molecule has 122 valence electrons. The Morgan fingerprint density at radius 1 is 1.13 bits per heavy atom. The third-order valence-electron chi connectivity index (χ3n) is 4.47. The summed E-state index contributed by atoms with van der Waals surface area (Å²) in [6, 6.07) is 1.80. The summed E-state index contributed by atoms with van der Waals surface area (Å²) in [7, 11) is 0. The summed E-state index contributed by atoms with van der Waals surface area (Å²) in [6.45, 7) is 3.35. The first-order valence-electron chi connectivity index (χ1n) is 7.93. The van der Waals surface area contributed by atoms with Crippen molar-refractivity contribution in [3.63, 3.8) is 0 Å². The summed E-state index contributed by atoms with van der Waals surface area (Å²) in [5.74, 6) is -1.14. The highest BCUT2D eigenvalue weighted by molar-refractivity contribution is 6.08. The lowest BCUT2D eigenvalue weighted by atomic mass is 9.81. The number of fused-ring (bicyclic) bond motifs is 1. The molecule has 2 aliphatic rings. The predicted octanol–water partition coefficient (Wildman–Crippen LogP) is 1.21. The van der Waals surface area contributed by atoms with E-state index in [1.807, 2.05) is 13.8 Å². The molecule has 3 amide bonds. The SMILES string of the molecule is Cc1cc(C)nc(NC(=O)CN2C(=O)[C@@H]3CCCC[C@H]3C2=O)n1. The first-order chi connectivity index (χ1) is 11.0. The van der Waals surface area contributed by atoms with Gasteiger partial charge in [-0.25, -0.2) is 9.97 Å². The van der Waals surface area contributed by atoms with Gasteiger partial charge >= 0.3 is 0 Å². The molecule has 7 heteroatoms. The van der Waals surface area contributed by atoms with Gasteiger partial charge in [-0.15, -0.1) is 0 Å². The van der Waals surface area contributed by atoms with E-state index in [1.54, 1.807) is 6.07 Å². The van der Waals surface area contributed by atoms with Gasteiger partial charge in [0, 0.05) is 11.4 Å². The average molecular weight is 316 g/mol. The summed E-state index contributed by atoms with van der Waals surface area (Å²) in [4.78, 5) is 46.2. The van der Waals surface area contributed by atoms with E-state index >= 15 is 0 Å². The number of aromatic nitrogens is 2. The maximum atomic E-state index is 12.3. The number of carbonyl (C=O) groups excluding carboxylic acids is 3. The monoisotopic (exact) mass is 316 g/mol. The Labute approximate surface area is 134 Å². The largest absolute Gasteiger partial charge is 0.293 e. The molecular formula is C16H20N4O3. The Balaban J connectivity index is 1.67. The van der Waals surface area contributed by atoms with Gasteiger partial charge in [0.2, 0.25) is 23.7 Å². The molecule has 2 heterocycles. The number of nitrogens with zero attached hydrogens (tertiary/aromatic N) is 3. The third-order valence-corrected chi connectivity index (χ3v) is 4.47. The van der Waals surface area contributed by atoms with Gasteiger partial charge in [-0.3, -0.25) is 24.6 Å². The van der Waals surface area contributed by atoms with Crippen LogP contribution in [0.25, 0.3) is 0 Å². The van der Waals surface area contributed by atoms with Crippen molar-refractivity contribution in [3.05, 3.63) is 17.5 Å². The highest BCUT2D eigenvalue weighted by atomic mass is 16.2. The average Bonchev–Trinajstić information content (AvgIpc) is 2.72. The Morgan fingerprint density at radius 3 is 2.17 bits per heavy atom. The van der Waals surface area contributed by atoms with Gasteiger partial charge in [0.1, 0.15) is 6.54 Å². The Kier molecular flexibility index (Phi) is 4.11. The van der Waals surface area contributed by atoms with Crippen LogP contribution in [-0.2, 0) is 14.4 Å². The van der Waals surface area contributed by atoms with Crippen LogP contribution in [-0.4, -0.2) is 39.1 Å². The maximum Gasteiger partial charge on any atom is 0.246 e. The van der Waals surface area contributed by atoms with Gasteiger partial charge in [-0.1, -0.05) is 12.8 Å². The summed E-state index contributed by atoms with van der Waals surface area (Å²) in [5.41, 5.74) is 1.49. The molecule has 1 N–H and O–H groups in total. The molecule has 2 fully saturated rings. The topological polar surface area (TPSA) is 92.3 Å². The van der Waals surface area contributed by atoms with Crippen LogP contribution in [0.2, 0.25) is 0 Å². The van der Waals surface area contributed by atoms with E-state index in [2.05, 4.69) is 15.3 Å². The van der Waals surface area contributed by atoms with E-state index in [-0.39, 0.29) is 36.1 Å². The number of hydrogen-bond donors (Lipinski definition) is 1. The van der Waals surface area contributed by atoms with Crippen LogP contribution in [0.15, 0.2) is 6.07 Å². The van der Waals surface area contributed by atoms with Crippen molar-refractivity contribution in [1.29, 1.82) is 0 Å². The number of likely N-dealkylation sites (tertiary alicyclic amines) is 1. The number of carbonyl (C=O) groups is 3. The zero-order chi connectivity index (χ0) is 16.6. The van der Waals surface area contributed by atoms with Crippen LogP contribution in [0, 0.1) is 25.7 Å². The number of aryl methyl sites for hydroxylation is 2. The van der Waals surface area contributed by atoms with E-state index in [4.69, 9.17) is 0 Å². The number of imide groups is 1. The minimum atomic E-state index is -0.449. The molecule has 7 nitrogen and oxygen atoms in total. The lowest BCUT2D eigenvalue weighted by molar-refractivity contribution is -0.142. The second-order valence-corrected chi connectivity index (χ2v) is 6.28. The van der Waals surface area contributed by atoms with Crippen LogP contribution in [0.5, 0.6) is 0 Å². The molecule has 1 aromatic heterocycles. The van der Waals surface area contributed by atoms with Gasteiger partial charge in [0.05, 0.1) is 11.8 Å². The fourth-order valence-electron chi connectivity index (χ4n) is 3.48. The molecule has 0 radical (unpaired) electrons. The quantitative estimate of drug-likeness (QED) is 0.846. The van der Waals surface area contributed by atoms with Gasteiger partial charge in [-0.05, 0) is 32.8 Å². The van der Waals surface area contributed by atoms with E-state index in [1.165, 1.54) is 0 Å². The molecule has 1 saturated carbocycles. The minimum Gasteiger partial charge on any atom is -0.293 e. The molecule has 23 heavy (non-hydrogen) atoms.